The molecule has 0 aliphatic carbocycles. The second-order valence-corrected chi connectivity index (χ2v) is 7.40. The van der Waals surface area contributed by atoms with Crippen molar-refractivity contribution in [3.8, 4) is 11.1 Å². The Morgan fingerprint density at radius 1 is 0.963 bits per heavy atom. The van der Waals surface area contributed by atoms with Gasteiger partial charge in [0.2, 0.25) is 0 Å². The van der Waals surface area contributed by atoms with E-state index in [0.29, 0.717) is 0 Å². The minimum absolute atomic E-state index is 0.201. The molecule has 144 valence electrons. The summed E-state index contributed by atoms with van der Waals surface area (Å²) in [5.41, 5.74) is 0.949. The van der Waals surface area contributed by atoms with Crippen molar-refractivity contribution in [3.63, 3.8) is 0 Å². The van der Waals surface area contributed by atoms with E-state index in [4.69, 9.17) is 9.84 Å². The number of aromatic carboxylic acids is 1. The van der Waals surface area contributed by atoms with Gasteiger partial charge in [-0.2, -0.15) is 0 Å². The number of benzene rings is 2. The molecule has 1 fully saturated rings. The third-order valence-corrected chi connectivity index (χ3v) is 5.56. The van der Waals surface area contributed by atoms with Crippen LogP contribution in [0.5, 0.6) is 0 Å². The molecule has 3 rings (SSSR count). The van der Waals surface area contributed by atoms with Crippen LogP contribution < -0.4 is 0 Å². The molecule has 2 aromatic rings. The van der Waals surface area contributed by atoms with Crippen LogP contribution in [0.2, 0.25) is 0 Å². The largest absolute Gasteiger partial charge is 0.478 e. The molecule has 8 heteroatoms. The van der Waals surface area contributed by atoms with Gasteiger partial charge in [0, 0.05) is 4.90 Å². The standard InChI is InChI=1S/C19H20O7S/c20-9-14-15(21)16(22)17(23)19(26-14)27-13-6-4-10(5-7-13)11-2-1-3-12(8-11)18(24)25/h1-8,14-17,19-23H,9H2,(H,24,25)/t14-,15-,16-,17-,19-/m1/s1. The topological polar surface area (TPSA) is 127 Å². The monoisotopic (exact) mass is 392 g/mol. The van der Waals surface area contributed by atoms with E-state index in [9.17, 15) is 25.2 Å². The van der Waals surface area contributed by atoms with Crippen LogP contribution >= 0.6 is 11.8 Å². The van der Waals surface area contributed by atoms with Gasteiger partial charge in [0.15, 0.2) is 0 Å². The Kier molecular flexibility index (Phi) is 6.15. The Balaban J connectivity index is 1.74. The van der Waals surface area contributed by atoms with Crippen molar-refractivity contribution in [2.75, 3.05) is 6.61 Å². The third-order valence-electron chi connectivity index (χ3n) is 4.40. The van der Waals surface area contributed by atoms with Crippen LogP contribution in [0.1, 0.15) is 10.4 Å². The zero-order valence-electron chi connectivity index (χ0n) is 14.2. The van der Waals surface area contributed by atoms with Gasteiger partial charge in [-0.15, -0.1) is 0 Å². The highest BCUT2D eigenvalue weighted by molar-refractivity contribution is 7.99. The first kappa shape index (κ1) is 19.8. The summed E-state index contributed by atoms with van der Waals surface area (Å²) in [6.45, 7) is -0.471. The molecule has 0 spiro atoms. The maximum atomic E-state index is 11.1. The summed E-state index contributed by atoms with van der Waals surface area (Å²) >= 11 is 1.16. The lowest BCUT2D eigenvalue weighted by atomic mass is 10.0. The second kappa shape index (κ2) is 8.39. The predicted octanol–water partition coefficient (Wildman–Crippen LogP) is 0.944. The fraction of sp³-hybridized carbons (Fsp3) is 0.316. The van der Waals surface area contributed by atoms with Gasteiger partial charge in [0.25, 0.3) is 0 Å². The van der Waals surface area contributed by atoms with Gasteiger partial charge in [0.1, 0.15) is 29.9 Å². The van der Waals surface area contributed by atoms with Crippen molar-refractivity contribution in [1.82, 2.24) is 0 Å². The van der Waals surface area contributed by atoms with Crippen molar-refractivity contribution in [2.24, 2.45) is 0 Å². The van der Waals surface area contributed by atoms with Crippen molar-refractivity contribution >= 4 is 17.7 Å². The number of hydrogen-bond donors (Lipinski definition) is 5. The van der Waals surface area contributed by atoms with Gasteiger partial charge >= 0.3 is 5.97 Å². The first-order valence-electron chi connectivity index (χ1n) is 8.31. The number of hydrogen-bond acceptors (Lipinski definition) is 7. The fourth-order valence-corrected chi connectivity index (χ4v) is 3.92. The number of carbonyl (C=O) groups is 1. The maximum Gasteiger partial charge on any atom is 0.335 e. The molecule has 27 heavy (non-hydrogen) atoms. The van der Waals surface area contributed by atoms with Gasteiger partial charge in [-0.3, -0.25) is 0 Å². The Labute approximate surface area is 159 Å². The zero-order valence-corrected chi connectivity index (χ0v) is 15.0. The van der Waals surface area contributed by atoms with Crippen LogP contribution in [0.4, 0.5) is 0 Å². The summed E-state index contributed by atoms with van der Waals surface area (Å²) in [5.74, 6) is -0.994. The van der Waals surface area contributed by atoms with Crippen LogP contribution in [0.25, 0.3) is 11.1 Å². The Morgan fingerprint density at radius 2 is 1.67 bits per heavy atom. The summed E-state index contributed by atoms with van der Waals surface area (Å²) in [4.78, 5) is 11.8. The molecule has 7 nitrogen and oxygen atoms in total. The van der Waals surface area contributed by atoms with Crippen molar-refractivity contribution in [3.05, 3.63) is 54.1 Å². The molecule has 1 aliphatic rings. The summed E-state index contributed by atoms with van der Waals surface area (Å²) in [5, 5.41) is 48.1. The molecule has 0 amide bonds. The molecule has 0 bridgehead atoms. The number of aliphatic hydroxyl groups excluding tert-OH is 4. The number of aliphatic hydroxyl groups is 4. The summed E-state index contributed by atoms with van der Waals surface area (Å²) in [7, 11) is 0. The minimum Gasteiger partial charge on any atom is -0.478 e. The molecule has 1 aliphatic heterocycles. The summed E-state index contributed by atoms with van der Waals surface area (Å²) in [6.07, 6.45) is -5.05. The highest BCUT2D eigenvalue weighted by Crippen LogP contribution is 2.34. The first-order chi connectivity index (χ1) is 12.9. The molecule has 5 N–H and O–H groups in total. The molecule has 5 atom stereocenters. The lowest BCUT2D eigenvalue weighted by Gasteiger charge is -2.39. The molecule has 0 unspecified atom stereocenters. The Bertz CT molecular complexity index is 793. The zero-order chi connectivity index (χ0) is 19.6. The second-order valence-electron chi connectivity index (χ2n) is 6.23. The lowest BCUT2D eigenvalue weighted by Crippen LogP contribution is -2.57. The van der Waals surface area contributed by atoms with Crippen molar-refractivity contribution in [2.45, 2.75) is 34.7 Å². The molecule has 1 saturated heterocycles. The smallest absolute Gasteiger partial charge is 0.335 e. The lowest BCUT2D eigenvalue weighted by molar-refractivity contribution is -0.205. The van der Waals surface area contributed by atoms with E-state index in [1.165, 1.54) is 6.07 Å². The highest BCUT2D eigenvalue weighted by Gasteiger charge is 2.43. The number of carboxylic acid groups (broad SMARTS) is 1. The van der Waals surface area contributed by atoms with E-state index < -0.39 is 42.4 Å². The summed E-state index contributed by atoms with van der Waals surface area (Å²) < 4.78 is 5.48. The molecule has 2 aromatic carbocycles. The minimum atomic E-state index is -1.41. The molecular weight excluding hydrogens is 372 g/mol. The molecule has 0 aromatic heterocycles. The quantitative estimate of drug-likeness (QED) is 0.509. The van der Waals surface area contributed by atoms with Crippen molar-refractivity contribution < 1.29 is 35.1 Å². The van der Waals surface area contributed by atoms with Gasteiger partial charge in [-0.05, 0) is 35.4 Å². The SMILES string of the molecule is O=C(O)c1cccc(-c2ccc(S[C@H]3O[C@H](CO)[C@@H](O)[C@@H](O)[C@H]3O)cc2)c1. The highest BCUT2D eigenvalue weighted by atomic mass is 32.2. The van der Waals surface area contributed by atoms with Crippen LogP contribution in [0.15, 0.2) is 53.4 Å². The van der Waals surface area contributed by atoms with E-state index in [2.05, 4.69) is 0 Å². The van der Waals surface area contributed by atoms with Crippen LogP contribution in [0, 0.1) is 0 Å². The van der Waals surface area contributed by atoms with E-state index in [0.717, 1.165) is 27.8 Å². The normalized spacial score (nSPS) is 28.1. The average molecular weight is 392 g/mol. The number of carboxylic acids is 1. The number of rotatable bonds is 5. The molecular formula is C19H20O7S. The van der Waals surface area contributed by atoms with Crippen LogP contribution in [-0.2, 0) is 4.74 Å². The van der Waals surface area contributed by atoms with Gasteiger partial charge in [0.05, 0.1) is 12.2 Å². The first-order valence-corrected chi connectivity index (χ1v) is 9.19. The van der Waals surface area contributed by atoms with Crippen LogP contribution in [0.3, 0.4) is 0 Å². The maximum absolute atomic E-state index is 11.1. The Hall–Kier alpha value is -1.94. The molecule has 1 heterocycles. The van der Waals surface area contributed by atoms with E-state index >= 15 is 0 Å². The summed E-state index contributed by atoms with van der Waals surface area (Å²) in [6, 6.07) is 13.8. The third kappa shape index (κ3) is 4.32. The van der Waals surface area contributed by atoms with E-state index in [-0.39, 0.29) is 5.56 Å². The van der Waals surface area contributed by atoms with Crippen LogP contribution in [-0.4, -0.2) is 68.0 Å². The van der Waals surface area contributed by atoms with E-state index in [1.54, 1.807) is 24.3 Å². The van der Waals surface area contributed by atoms with Gasteiger partial charge in [-0.1, -0.05) is 36.0 Å². The van der Waals surface area contributed by atoms with Crippen molar-refractivity contribution in [1.29, 1.82) is 0 Å². The number of ether oxygens (including phenoxy) is 1. The fourth-order valence-electron chi connectivity index (χ4n) is 2.86. The van der Waals surface area contributed by atoms with Gasteiger partial charge < -0.3 is 30.3 Å². The Morgan fingerprint density at radius 3 is 2.30 bits per heavy atom. The number of thioether (sulfide) groups is 1. The van der Waals surface area contributed by atoms with Gasteiger partial charge in [-0.25, -0.2) is 4.79 Å². The molecule has 0 radical (unpaired) electrons. The average Bonchev–Trinajstić information content (AvgIpc) is 2.69. The van der Waals surface area contributed by atoms with E-state index in [1.807, 2.05) is 18.2 Å². The molecule has 0 saturated carbocycles. The predicted molar refractivity (Wildman–Crippen MR) is 98.5 cm³/mol.